The Morgan fingerprint density at radius 3 is 2.40 bits per heavy atom. The lowest BCUT2D eigenvalue weighted by molar-refractivity contribution is 0.719. The zero-order chi connectivity index (χ0) is 14.7. The highest BCUT2D eigenvalue weighted by atomic mass is 32.2. The molecule has 2 aromatic rings. The van der Waals surface area contributed by atoms with Crippen LogP contribution < -0.4 is 5.73 Å². The van der Waals surface area contributed by atoms with E-state index >= 15 is 0 Å². The molecule has 106 valence electrons. The smallest absolute Gasteiger partial charge is 0.0972 e. The van der Waals surface area contributed by atoms with Crippen LogP contribution in [-0.2, 0) is 0 Å². The molecule has 2 atom stereocenters. The molecule has 0 aliphatic heterocycles. The molecule has 0 radical (unpaired) electrons. The van der Waals surface area contributed by atoms with Gasteiger partial charge in [-0.05, 0) is 51.0 Å². The Hall–Kier alpha value is -1.32. The van der Waals surface area contributed by atoms with E-state index in [2.05, 4.69) is 62.2 Å². The van der Waals surface area contributed by atoms with Crippen molar-refractivity contribution in [2.24, 2.45) is 5.73 Å². The first-order valence-electron chi connectivity index (χ1n) is 6.90. The Bertz CT molecular complexity index is 573. The Kier molecular flexibility index (Phi) is 4.84. The van der Waals surface area contributed by atoms with E-state index in [9.17, 15) is 0 Å². The number of thioether (sulfide) groups is 1. The van der Waals surface area contributed by atoms with Crippen molar-refractivity contribution in [1.82, 2.24) is 4.98 Å². The van der Waals surface area contributed by atoms with E-state index in [1.54, 1.807) is 11.8 Å². The van der Waals surface area contributed by atoms with Gasteiger partial charge >= 0.3 is 0 Å². The van der Waals surface area contributed by atoms with Gasteiger partial charge in [-0.1, -0.05) is 41.6 Å². The third-order valence-electron chi connectivity index (χ3n) is 3.17. The third kappa shape index (κ3) is 3.84. The fraction of sp³-hybridized carbons (Fsp3) is 0.353. The van der Waals surface area contributed by atoms with Gasteiger partial charge in [0.25, 0.3) is 0 Å². The van der Waals surface area contributed by atoms with Gasteiger partial charge in [-0.15, -0.1) is 0 Å². The van der Waals surface area contributed by atoms with Gasteiger partial charge in [-0.2, -0.15) is 0 Å². The molecule has 0 aliphatic carbocycles. The number of pyridine rings is 1. The molecule has 0 spiro atoms. The van der Waals surface area contributed by atoms with Crippen molar-refractivity contribution in [3.05, 3.63) is 58.8 Å². The fourth-order valence-corrected chi connectivity index (χ4v) is 3.53. The van der Waals surface area contributed by atoms with Crippen LogP contribution in [0, 0.1) is 20.8 Å². The highest BCUT2D eigenvalue weighted by Gasteiger charge is 2.18. The number of hydrogen-bond donors (Lipinski definition) is 1. The van der Waals surface area contributed by atoms with Crippen molar-refractivity contribution in [2.75, 3.05) is 0 Å². The van der Waals surface area contributed by atoms with Crippen LogP contribution in [0.4, 0.5) is 0 Å². The summed E-state index contributed by atoms with van der Waals surface area (Å²) in [7, 11) is 0. The van der Waals surface area contributed by atoms with Crippen LogP contribution in [0.5, 0.6) is 0 Å². The van der Waals surface area contributed by atoms with Crippen LogP contribution in [-0.4, -0.2) is 11.0 Å². The van der Waals surface area contributed by atoms with E-state index in [1.165, 1.54) is 16.7 Å². The van der Waals surface area contributed by atoms with E-state index in [-0.39, 0.29) is 11.3 Å². The molecule has 1 aromatic carbocycles. The van der Waals surface area contributed by atoms with Crippen molar-refractivity contribution in [3.8, 4) is 0 Å². The topological polar surface area (TPSA) is 38.9 Å². The molecule has 2 nitrogen and oxygen atoms in total. The molecule has 0 saturated heterocycles. The summed E-state index contributed by atoms with van der Waals surface area (Å²) in [5.41, 5.74) is 11.0. The third-order valence-corrected chi connectivity index (χ3v) is 4.58. The molecule has 0 aliphatic rings. The van der Waals surface area contributed by atoms with Gasteiger partial charge in [0, 0.05) is 11.7 Å². The van der Waals surface area contributed by atoms with Crippen LogP contribution in [0.3, 0.4) is 0 Å². The predicted molar refractivity (Wildman–Crippen MR) is 87.1 cm³/mol. The number of rotatable bonds is 4. The first kappa shape index (κ1) is 15.1. The molecule has 3 heteroatoms. The summed E-state index contributed by atoms with van der Waals surface area (Å²) in [6.45, 7) is 8.31. The van der Waals surface area contributed by atoms with E-state index < -0.39 is 0 Å². The molecule has 0 fully saturated rings. The molecule has 2 unspecified atom stereocenters. The summed E-state index contributed by atoms with van der Waals surface area (Å²) >= 11 is 1.75. The minimum absolute atomic E-state index is 0.0735. The second-order valence-electron chi connectivity index (χ2n) is 5.44. The lowest BCUT2D eigenvalue weighted by Crippen LogP contribution is -2.22. The average Bonchev–Trinajstić information content (AvgIpc) is 2.34. The summed E-state index contributed by atoms with van der Waals surface area (Å²) in [4.78, 5) is 4.61. The number of hydrogen-bond acceptors (Lipinski definition) is 3. The number of aromatic nitrogens is 1. The van der Waals surface area contributed by atoms with Gasteiger partial charge in [0.2, 0.25) is 0 Å². The normalized spacial score (nSPS) is 14.1. The molecular formula is C17H22N2S. The largest absolute Gasteiger partial charge is 0.327 e. The van der Waals surface area contributed by atoms with Crippen LogP contribution in [0.1, 0.15) is 34.6 Å². The molecular weight excluding hydrogens is 264 g/mol. The average molecular weight is 286 g/mol. The maximum atomic E-state index is 6.19. The highest BCUT2D eigenvalue weighted by Crippen LogP contribution is 2.36. The first-order chi connectivity index (χ1) is 9.45. The quantitative estimate of drug-likeness (QED) is 0.857. The van der Waals surface area contributed by atoms with Gasteiger partial charge in [-0.3, -0.25) is 0 Å². The van der Waals surface area contributed by atoms with E-state index in [4.69, 9.17) is 5.73 Å². The van der Waals surface area contributed by atoms with Crippen molar-refractivity contribution < 1.29 is 0 Å². The highest BCUT2D eigenvalue weighted by molar-refractivity contribution is 7.99. The second kappa shape index (κ2) is 6.42. The van der Waals surface area contributed by atoms with Gasteiger partial charge in [-0.25, -0.2) is 4.98 Å². The van der Waals surface area contributed by atoms with Gasteiger partial charge in [0.05, 0.1) is 10.3 Å². The summed E-state index contributed by atoms with van der Waals surface area (Å²) in [6, 6.07) is 12.9. The zero-order valence-corrected chi connectivity index (χ0v) is 13.4. The first-order valence-corrected chi connectivity index (χ1v) is 7.78. The lowest BCUT2D eigenvalue weighted by atomic mass is 10.0. The van der Waals surface area contributed by atoms with E-state index in [0.29, 0.717) is 0 Å². The molecule has 20 heavy (non-hydrogen) atoms. The minimum Gasteiger partial charge on any atom is -0.327 e. The lowest BCUT2D eigenvalue weighted by Gasteiger charge is -2.21. The standard InChI is InChI=1S/C17H22N2S/c1-11-6-5-7-15(9-11)17(14(4)18)20-16-10-12(2)8-13(3)19-16/h5-10,14,17H,18H2,1-4H3. The Morgan fingerprint density at radius 2 is 1.80 bits per heavy atom. The molecule has 0 saturated carbocycles. The minimum atomic E-state index is 0.0735. The molecule has 2 N–H and O–H groups in total. The van der Waals surface area contributed by atoms with Crippen LogP contribution in [0.25, 0.3) is 0 Å². The van der Waals surface area contributed by atoms with E-state index in [1.807, 2.05) is 6.92 Å². The maximum Gasteiger partial charge on any atom is 0.0972 e. The van der Waals surface area contributed by atoms with E-state index in [0.717, 1.165) is 10.7 Å². The van der Waals surface area contributed by atoms with Gasteiger partial charge in [0.1, 0.15) is 0 Å². The Labute approximate surface area is 125 Å². The summed E-state index contributed by atoms with van der Waals surface area (Å²) in [5.74, 6) is 0. The molecule has 1 aromatic heterocycles. The fourth-order valence-electron chi connectivity index (χ4n) is 2.32. The molecule has 2 rings (SSSR count). The Balaban J connectivity index is 2.30. The van der Waals surface area contributed by atoms with Crippen LogP contribution >= 0.6 is 11.8 Å². The van der Waals surface area contributed by atoms with Gasteiger partial charge < -0.3 is 5.73 Å². The van der Waals surface area contributed by atoms with Crippen molar-refractivity contribution in [1.29, 1.82) is 0 Å². The molecule has 0 amide bonds. The zero-order valence-electron chi connectivity index (χ0n) is 12.6. The summed E-state index contributed by atoms with van der Waals surface area (Å²) < 4.78 is 0. The number of aryl methyl sites for hydroxylation is 3. The number of nitrogens with two attached hydrogens (primary N) is 1. The number of benzene rings is 1. The van der Waals surface area contributed by atoms with Crippen molar-refractivity contribution in [2.45, 2.75) is 44.0 Å². The molecule has 0 bridgehead atoms. The number of nitrogens with zero attached hydrogens (tertiary/aromatic N) is 1. The Morgan fingerprint density at radius 1 is 1.05 bits per heavy atom. The second-order valence-corrected chi connectivity index (χ2v) is 6.60. The van der Waals surface area contributed by atoms with Crippen LogP contribution in [0.2, 0.25) is 0 Å². The van der Waals surface area contributed by atoms with Gasteiger partial charge in [0.15, 0.2) is 0 Å². The van der Waals surface area contributed by atoms with Crippen LogP contribution in [0.15, 0.2) is 41.4 Å². The monoisotopic (exact) mass is 286 g/mol. The summed E-state index contributed by atoms with van der Waals surface area (Å²) in [5, 5.41) is 1.27. The van der Waals surface area contributed by atoms with Crippen molar-refractivity contribution in [3.63, 3.8) is 0 Å². The van der Waals surface area contributed by atoms with Crippen molar-refractivity contribution >= 4 is 11.8 Å². The SMILES string of the molecule is Cc1cccc(C(Sc2cc(C)cc(C)n2)C(C)N)c1. The maximum absolute atomic E-state index is 6.19. The predicted octanol–water partition coefficient (Wildman–Crippen LogP) is 4.19. The molecule has 1 heterocycles. The summed E-state index contributed by atoms with van der Waals surface area (Å²) in [6.07, 6.45) is 0.